The Kier molecular flexibility index (Phi) is 9.35. The zero-order chi connectivity index (χ0) is 17.8. The number of aliphatic carboxylic acids is 1. The van der Waals surface area contributed by atoms with Gasteiger partial charge in [0, 0.05) is 6.08 Å². The van der Waals surface area contributed by atoms with Crippen molar-refractivity contribution in [1.82, 2.24) is 0 Å². The fourth-order valence-electron chi connectivity index (χ4n) is 2.21. The number of hydrogen-bond acceptors (Lipinski definition) is 3. The van der Waals surface area contributed by atoms with Gasteiger partial charge in [0.1, 0.15) is 17.6 Å². The van der Waals surface area contributed by atoms with E-state index in [-0.39, 0.29) is 6.10 Å². The zero-order valence-corrected chi connectivity index (χ0v) is 14.8. The van der Waals surface area contributed by atoms with E-state index in [0.29, 0.717) is 0 Å². The van der Waals surface area contributed by atoms with Gasteiger partial charge in [0.15, 0.2) is 0 Å². The summed E-state index contributed by atoms with van der Waals surface area (Å²) < 4.78 is 11.5. The minimum atomic E-state index is -0.957. The van der Waals surface area contributed by atoms with Crippen LogP contribution < -0.4 is 9.47 Å². The van der Waals surface area contributed by atoms with Gasteiger partial charge in [0.2, 0.25) is 0 Å². The SMILES string of the molecule is CCCCCCOc1ccc(OC(C)/C=C(C)/C=C/C(=O)O)cc1. The van der Waals surface area contributed by atoms with Gasteiger partial charge in [-0.1, -0.05) is 37.8 Å². The van der Waals surface area contributed by atoms with Crippen LogP contribution in [0, 0.1) is 0 Å². The quantitative estimate of drug-likeness (QED) is 0.352. The van der Waals surface area contributed by atoms with Crippen LogP contribution in [-0.4, -0.2) is 23.8 Å². The van der Waals surface area contributed by atoms with E-state index in [1.807, 2.05) is 44.2 Å². The van der Waals surface area contributed by atoms with Crippen LogP contribution in [-0.2, 0) is 4.79 Å². The lowest BCUT2D eigenvalue weighted by Crippen LogP contribution is -2.08. The third kappa shape index (κ3) is 9.03. The number of benzene rings is 1. The predicted octanol–water partition coefficient (Wildman–Crippen LogP) is 5.00. The molecular formula is C20H28O4. The third-order valence-electron chi connectivity index (χ3n) is 3.40. The van der Waals surface area contributed by atoms with E-state index in [1.54, 1.807) is 6.08 Å². The molecule has 0 aromatic heterocycles. The highest BCUT2D eigenvalue weighted by Gasteiger charge is 2.02. The average Bonchev–Trinajstić information content (AvgIpc) is 2.54. The van der Waals surface area contributed by atoms with Crippen LogP contribution in [0.15, 0.2) is 48.1 Å². The van der Waals surface area contributed by atoms with Crippen LogP contribution >= 0.6 is 0 Å². The molecule has 1 aromatic carbocycles. The minimum absolute atomic E-state index is 0.149. The van der Waals surface area contributed by atoms with Crippen molar-refractivity contribution in [3.8, 4) is 11.5 Å². The van der Waals surface area contributed by atoms with Crippen molar-refractivity contribution in [1.29, 1.82) is 0 Å². The Morgan fingerprint density at radius 2 is 1.79 bits per heavy atom. The summed E-state index contributed by atoms with van der Waals surface area (Å²) in [5.74, 6) is 0.649. The normalized spacial score (nSPS) is 13.0. The van der Waals surface area contributed by atoms with Gasteiger partial charge in [-0.25, -0.2) is 4.79 Å². The fourth-order valence-corrected chi connectivity index (χ4v) is 2.21. The maximum Gasteiger partial charge on any atom is 0.328 e. The largest absolute Gasteiger partial charge is 0.494 e. The van der Waals surface area contributed by atoms with Gasteiger partial charge in [-0.3, -0.25) is 0 Å². The summed E-state index contributed by atoms with van der Waals surface area (Å²) in [6.45, 7) is 6.69. The van der Waals surface area contributed by atoms with Gasteiger partial charge in [-0.05, 0) is 50.6 Å². The lowest BCUT2D eigenvalue weighted by Gasteiger charge is -2.12. The second-order valence-corrected chi connectivity index (χ2v) is 5.79. The van der Waals surface area contributed by atoms with Crippen LogP contribution in [0.4, 0.5) is 0 Å². The number of carbonyl (C=O) groups is 1. The molecule has 4 heteroatoms. The summed E-state index contributed by atoms with van der Waals surface area (Å²) >= 11 is 0. The Morgan fingerprint density at radius 3 is 2.42 bits per heavy atom. The lowest BCUT2D eigenvalue weighted by molar-refractivity contribution is -0.131. The Labute approximate surface area is 144 Å². The van der Waals surface area contributed by atoms with Gasteiger partial charge in [0.25, 0.3) is 0 Å². The molecule has 0 aliphatic heterocycles. The maximum atomic E-state index is 10.5. The summed E-state index contributed by atoms with van der Waals surface area (Å²) in [6.07, 6.45) is 9.16. The monoisotopic (exact) mass is 332 g/mol. The second kappa shape index (κ2) is 11.3. The molecule has 0 fully saturated rings. The molecule has 1 N–H and O–H groups in total. The number of unbranched alkanes of at least 4 members (excludes halogenated alkanes) is 3. The Balaban J connectivity index is 2.43. The molecule has 1 atom stereocenters. The summed E-state index contributed by atoms with van der Waals surface area (Å²) in [5.41, 5.74) is 0.844. The van der Waals surface area contributed by atoms with E-state index in [1.165, 1.54) is 19.3 Å². The van der Waals surface area contributed by atoms with E-state index < -0.39 is 5.97 Å². The number of carboxylic acid groups (broad SMARTS) is 1. The van der Waals surface area contributed by atoms with Crippen molar-refractivity contribution in [3.63, 3.8) is 0 Å². The number of hydrogen-bond donors (Lipinski definition) is 1. The van der Waals surface area contributed by atoms with Crippen LogP contribution in [0.25, 0.3) is 0 Å². The molecule has 24 heavy (non-hydrogen) atoms. The van der Waals surface area contributed by atoms with Crippen LogP contribution in [0.3, 0.4) is 0 Å². The fraction of sp³-hybridized carbons (Fsp3) is 0.450. The van der Waals surface area contributed by atoms with Gasteiger partial charge in [-0.2, -0.15) is 0 Å². The smallest absolute Gasteiger partial charge is 0.328 e. The van der Waals surface area contributed by atoms with Crippen molar-refractivity contribution in [2.45, 2.75) is 52.6 Å². The molecule has 0 heterocycles. The van der Waals surface area contributed by atoms with E-state index in [9.17, 15) is 4.79 Å². The van der Waals surface area contributed by atoms with E-state index in [0.717, 1.165) is 36.2 Å². The van der Waals surface area contributed by atoms with Crippen molar-refractivity contribution < 1.29 is 19.4 Å². The zero-order valence-electron chi connectivity index (χ0n) is 14.8. The molecule has 132 valence electrons. The first kappa shape index (κ1) is 19.8. The van der Waals surface area contributed by atoms with Crippen molar-refractivity contribution in [2.75, 3.05) is 6.61 Å². The topological polar surface area (TPSA) is 55.8 Å². The van der Waals surface area contributed by atoms with Crippen LogP contribution in [0.1, 0.15) is 46.5 Å². The highest BCUT2D eigenvalue weighted by atomic mass is 16.5. The molecule has 1 rings (SSSR count). The summed E-state index contributed by atoms with van der Waals surface area (Å²) in [4.78, 5) is 10.5. The maximum absolute atomic E-state index is 10.5. The van der Waals surface area contributed by atoms with Crippen LogP contribution in [0.2, 0.25) is 0 Å². The molecule has 0 bridgehead atoms. The first-order valence-electron chi connectivity index (χ1n) is 8.50. The molecule has 0 amide bonds. The lowest BCUT2D eigenvalue weighted by atomic mass is 10.2. The van der Waals surface area contributed by atoms with Crippen molar-refractivity contribution in [2.24, 2.45) is 0 Å². The standard InChI is InChI=1S/C20H28O4/c1-4-5-6-7-14-23-18-9-11-19(12-10-18)24-17(3)15-16(2)8-13-20(21)22/h8-13,15,17H,4-7,14H2,1-3H3,(H,21,22)/b13-8+,16-15+. The summed E-state index contributed by atoms with van der Waals surface area (Å²) in [5, 5.41) is 8.60. The van der Waals surface area contributed by atoms with Gasteiger partial charge < -0.3 is 14.6 Å². The summed E-state index contributed by atoms with van der Waals surface area (Å²) in [6, 6.07) is 7.58. The predicted molar refractivity (Wildman–Crippen MR) is 96.7 cm³/mol. The highest BCUT2D eigenvalue weighted by Crippen LogP contribution is 2.19. The van der Waals surface area contributed by atoms with E-state index in [4.69, 9.17) is 14.6 Å². The number of allylic oxidation sites excluding steroid dienone is 2. The Morgan fingerprint density at radius 1 is 1.12 bits per heavy atom. The molecule has 0 saturated heterocycles. The number of carboxylic acids is 1. The first-order chi connectivity index (χ1) is 11.5. The number of rotatable bonds is 11. The second-order valence-electron chi connectivity index (χ2n) is 5.79. The molecular weight excluding hydrogens is 304 g/mol. The molecule has 0 radical (unpaired) electrons. The summed E-state index contributed by atoms with van der Waals surface area (Å²) in [7, 11) is 0. The Bertz CT molecular complexity index is 543. The molecule has 0 spiro atoms. The highest BCUT2D eigenvalue weighted by molar-refractivity contribution is 5.80. The van der Waals surface area contributed by atoms with Gasteiger partial charge in [-0.15, -0.1) is 0 Å². The molecule has 0 saturated carbocycles. The first-order valence-corrected chi connectivity index (χ1v) is 8.50. The number of ether oxygens (including phenoxy) is 2. The molecule has 4 nitrogen and oxygen atoms in total. The minimum Gasteiger partial charge on any atom is -0.494 e. The van der Waals surface area contributed by atoms with Crippen LogP contribution in [0.5, 0.6) is 11.5 Å². The molecule has 1 aromatic rings. The average molecular weight is 332 g/mol. The molecule has 1 unspecified atom stereocenters. The molecule has 0 aliphatic rings. The van der Waals surface area contributed by atoms with Gasteiger partial charge >= 0.3 is 5.97 Å². The molecule has 0 aliphatic carbocycles. The van der Waals surface area contributed by atoms with Crippen molar-refractivity contribution >= 4 is 5.97 Å². The van der Waals surface area contributed by atoms with Crippen molar-refractivity contribution in [3.05, 3.63) is 48.1 Å². The van der Waals surface area contributed by atoms with E-state index in [2.05, 4.69) is 6.92 Å². The van der Waals surface area contributed by atoms with Gasteiger partial charge in [0.05, 0.1) is 6.61 Å². The Hall–Kier alpha value is -2.23. The van der Waals surface area contributed by atoms with E-state index >= 15 is 0 Å². The third-order valence-corrected chi connectivity index (χ3v) is 3.40.